The zero-order valence-corrected chi connectivity index (χ0v) is 7.70. The molecule has 2 aromatic rings. The van der Waals surface area contributed by atoms with Crippen molar-refractivity contribution in [2.45, 2.75) is 19.8 Å². The first-order chi connectivity index (χ1) is 6.40. The summed E-state index contributed by atoms with van der Waals surface area (Å²) in [6.07, 6.45) is 7.81. The van der Waals surface area contributed by atoms with E-state index in [0.717, 1.165) is 18.4 Å². The van der Waals surface area contributed by atoms with Gasteiger partial charge in [-0.2, -0.15) is 0 Å². The molecule has 0 aliphatic heterocycles. The number of nitrogens with zero attached hydrogens (tertiary/aromatic N) is 2. The third-order valence-corrected chi connectivity index (χ3v) is 2.08. The minimum absolute atomic E-state index is 0.974. The molecule has 66 valence electrons. The highest BCUT2D eigenvalue weighted by Gasteiger charge is 1.95. The van der Waals surface area contributed by atoms with Crippen molar-refractivity contribution in [3.8, 4) is 0 Å². The monoisotopic (exact) mass is 172 g/mol. The van der Waals surface area contributed by atoms with Crippen LogP contribution in [-0.4, -0.2) is 9.97 Å². The molecule has 0 atom stereocenters. The van der Waals surface area contributed by atoms with Crippen LogP contribution >= 0.6 is 0 Å². The summed E-state index contributed by atoms with van der Waals surface area (Å²) in [5.74, 6) is 0. The molecule has 0 unspecified atom stereocenters. The summed E-state index contributed by atoms with van der Waals surface area (Å²) < 4.78 is 0. The molecule has 13 heavy (non-hydrogen) atoms. The van der Waals surface area contributed by atoms with Crippen molar-refractivity contribution in [3.63, 3.8) is 0 Å². The zero-order chi connectivity index (χ0) is 9.10. The second kappa shape index (κ2) is 3.52. The quantitative estimate of drug-likeness (QED) is 0.695. The molecule has 2 heterocycles. The molecule has 0 N–H and O–H groups in total. The Morgan fingerprint density at radius 1 is 1.31 bits per heavy atom. The topological polar surface area (TPSA) is 25.8 Å². The molecule has 0 saturated heterocycles. The first-order valence-electron chi connectivity index (χ1n) is 4.59. The van der Waals surface area contributed by atoms with Gasteiger partial charge in [0.15, 0.2) is 0 Å². The van der Waals surface area contributed by atoms with E-state index in [-0.39, 0.29) is 0 Å². The molecular formula is C11H12N2. The van der Waals surface area contributed by atoms with Gasteiger partial charge in [-0.25, -0.2) is 0 Å². The molecule has 2 nitrogen and oxygen atoms in total. The van der Waals surface area contributed by atoms with Crippen molar-refractivity contribution >= 4 is 10.9 Å². The van der Waals surface area contributed by atoms with Crippen molar-refractivity contribution < 1.29 is 0 Å². The highest BCUT2D eigenvalue weighted by atomic mass is 14.7. The molecule has 0 fully saturated rings. The van der Waals surface area contributed by atoms with Crippen LogP contribution in [0.4, 0.5) is 0 Å². The Morgan fingerprint density at radius 2 is 2.23 bits per heavy atom. The normalized spacial score (nSPS) is 10.5. The van der Waals surface area contributed by atoms with Gasteiger partial charge >= 0.3 is 0 Å². The molecule has 0 radical (unpaired) electrons. The summed E-state index contributed by atoms with van der Waals surface area (Å²) in [5, 5.41) is 1.18. The van der Waals surface area contributed by atoms with Gasteiger partial charge in [0.25, 0.3) is 0 Å². The van der Waals surface area contributed by atoms with E-state index in [9.17, 15) is 0 Å². The lowest BCUT2D eigenvalue weighted by atomic mass is 10.1. The average Bonchev–Trinajstić information content (AvgIpc) is 2.18. The molecule has 0 bridgehead atoms. The maximum absolute atomic E-state index is 4.34. The van der Waals surface area contributed by atoms with Crippen LogP contribution in [0.2, 0.25) is 0 Å². The van der Waals surface area contributed by atoms with Crippen LogP contribution in [0.1, 0.15) is 18.9 Å². The van der Waals surface area contributed by atoms with Gasteiger partial charge in [0.2, 0.25) is 0 Å². The fraction of sp³-hybridized carbons (Fsp3) is 0.273. The van der Waals surface area contributed by atoms with Crippen molar-refractivity contribution in [2.75, 3.05) is 0 Å². The summed E-state index contributed by atoms with van der Waals surface area (Å²) in [4.78, 5) is 8.36. The van der Waals surface area contributed by atoms with E-state index >= 15 is 0 Å². The lowest BCUT2D eigenvalue weighted by Gasteiger charge is -1.99. The van der Waals surface area contributed by atoms with Crippen LogP contribution < -0.4 is 0 Å². The molecule has 0 saturated carbocycles. The Hall–Kier alpha value is -1.44. The molecule has 2 rings (SSSR count). The number of rotatable bonds is 2. The first kappa shape index (κ1) is 8.17. The molecule has 0 aliphatic carbocycles. The van der Waals surface area contributed by atoms with Gasteiger partial charge in [-0.3, -0.25) is 9.97 Å². The lowest BCUT2D eigenvalue weighted by molar-refractivity contribution is 0.917. The maximum Gasteiger partial charge on any atom is 0.0885 e. The van der Waals surface area contributed by atoms with Gasteiger partial charge in [0, 0.05) is 17.8 Å². The summed E-state index contributed by atoms with van der Waals surface area (Å²) in [5.41, 5.74) is 2.28. The van der Waals surface area contributed by atoms with E-state index in [1.54, 1.807) is 12.4 Å². The highest BCUT2D eigenvalue weighted by Crippen LogP contribution is 2.12. The second-order valence-corrected chi connectivity index (χ2v) is 3.16. The standard InChI is InChI=1S/C11H12N2/c1-2-3-9-6-10-4-5-12-8-11(10)13-7-9/h4-8H,2-3H2,1H3. The minimum atomic E-state index is 0.974. The Balaban J connectivity index is 2.49. The Kier molecular flexibility index (Phi) is 2.21. The van der Waals surface area contributed by atoms with Crippen LogP contribution in [0.25, 0.3) is 10.9 Å². The second-order valence-electron chi connectivity index (χ2n) is 3.16. The summed E-state index contributed by atoms with van der Waals surface area (Å²) in [6.45, 7) is 2.18. The SMILES string of the molecule is CCCc1cnc2cnccc2c1. The van der Waals surface area contributed by atoms with E-state index in [1.807, 2.05) is 12.3 Å². The Labute approximate surface area is 77.6 Å². The van der Waals surface area contributed by atoms with E-state index in [1.165, 1.54) is 10.9 Å². The predicted octanol–water partition coefficient (Wildman–Crippen LogP) is 2.58. The van der Waals surface area contributed by atoms with E-state index in [4.69, 9.17) is 0 Å². The van der Waals surface area contributed by atoms with E-state index < -0.39 is 0 Å². The van der Waals surface area contributed by atoms with Crippen LogP contribution in [0.15, 0.2) is 30.7 Å². The Morgan fingerprint density at radius 3 is 3.08 bits per heavy atom. The van der Waals surface area contributed by atoms with Gasteiger partial charge in [0.05, 0.1) is 11.7 Å². The smallest absolute Gasteiger partial charge is 0.0885 e. The Bertz CT molecular complexity index is 410. The third kappa shape index (κ3) is 1.66. The van der Waals surface area contributed by atoms with Gasteiger partial charge in [-0.15, -0.1) is 0 Å². The molecular weight excluding hydrogens is 160 g/mol. The maximum atomic E-state index is 4.34. The van der Waals surface area contributed by atoms with Gasteiger partial charge in [-0.05, 0) is 24.1 Å². The number of pyridine rings is 2. The number of aryl methyl sites for hydroxylation is 1. The van der Waals surface area contributed by atoms with Crippen LogP contribution in [0, 0.1) is 0 Å². The minimum Gasteiger partial charge on any atom is -0.262 e. The number of aromatic nitrogens is 2. The molecule has 0 spiro atoms. The molecule has 0 aliphatic rings. The summed E-state index contributed by atoms with van der Waals surface area (Å²) in [7, 11) is 0. The lowest BCUT2D eigenvalue weighted by Crippen LogP contribution is -1.86. The third-order valence-electron chi connectivity index (χ3n) is 2.08. The van der Waals surface area contributed by atoms with Gasteiger partial charge < -0.3 is 0 Å². The van der Waals surface area contributed by atoms with E-state index in [0.29, 0.717) is 0 Å². The van der Waals surface area contributed by atoms with Crippen molar-refractivity contribution in [1.29, 1.82) is 0 Å². The molecule has 0 aromatic carbocycles. The number of hydrogen-bond donors (Lipinski definition) is 0. The van der Waals surface area contributed by atoms with E-state index in [2.05, 4.69) is 23.0 Å². The van der Waals surface area contributed by atoms with Gasteiger partial charge in [-0.1, -0.05) is 13.3 Å². The summed E-state index contributed by atoms with van der Waals surface area (Å²) >= 11 is 0. The van der Waals surface area contributed by atoms with Crippen molar-refractivity contribution in [2.24, 2.45) is 0 Å². The van der Waals surface area contributed by atoms with Crippen molar-refractivity contribution in [1.82, 2.24) is 9.97 Å². The average molecular weight is 172 g/mol. The van der Waals surface area contributed by atoms with Crippen LogP contribution in [0.3, 0.4) is 0 Å². The fourth-order valence-corrected chi connectivity index (χ4v) is 1.44. The molecule has 2 heteroatoms. The van der Waals surface area contributed by atoms with Gasteiger partial charge in [0.1, 0.15) is 0 Å². The van der Waals surface area contributed by atoms with Crippen LogP contribution in [-0.2, 0) is 6.42 Å². The largest absolute Gasteiger partial charge is 0.262 e. The van der Waals surface area contributed by atoms with Crippen molar-refractivity contribution in [3.05, 3.63) is 36.3 Å². The highest BCUT2D eigenvalue weighted by molar-refractivity contribution is 5.77. The summed E-state index contributed by atoms with van der Waals surface area (Å²) in [6, 6.07) is 4.19. The number of fused-ring (bicyclic) bond motifs is 1. The zero-order valence-electron chi connectivity index (χ0n) is 7.70. The first-order valence-corrected chi connectivity index (χ1v) is 4.59. The molecule has 0 amide bonds. The number of hydrogen-bond acceptors (Lipinski definition) is 2. The van der Waals surface area contributed by atoms with Crippen LogP contribution in [0.5, 0.6) is 0 Å². The fourth-order valence-electron chi connectivity index (χ4n) is 1.44. The molecule has 2 aromatic heterocycles. The predicted molar refractivity (Wildman–Crippen MR) is 53.5 cm³/mol.